The Morgan fingerprint density at radius 3 is 2.81 bits per heavy atom. The van der Waals surface area contributed by atoms with Crippen LogP contribution in [-0.4, -0.2) is 13.2 Å². The Hall–Kier alpha value is -1.74. The van der Waals surface area contributed by atoms with Gasteiger partial charge in [-0.05, 0) is 34.9 Å². The maximum atomic E-state index is 13.7. The van der Waals surface area contributed by atoms with Crippen molar-refractivity contribution in [3.63, 3.8) is 0 Å². The summed E-state index contributed by atoms with van der Waals surface area (Å²) >= 11 is 5.66. The lowest BCUT2D eigenvalue weighted by Crippen LogP contribution is -2.03. The van der Waals surface area contributed by atoms with Crippen molar-refractivity contribution in [1.82, 2.24) is 0 Å². The van der Waals surface area contributed by atoms with E-state index in [1.807, 2.05) is 12.1 Å². The molecular formula is C17H16ClFO2. The molecule has 0 spiro atoms. The highest BCUT2D eigenvalue weighted by Gasteiger charge is 2.12. The predicted octanol–water partition coefficient (Wildman–Crippen LogP) is 4.12. The van der Waals surface area contributed by atoms with Crippen molar-refractivity contribution in [2.45, 2.75) is 18.7 Å². The standard InChI is InChI=1S/C17H16ClFO2/c18-11-13-2-4-17(15(19)10-13)21-7-5-12-1-3-16-14(9-12)6-8-20-16/h1-4,9-10H,5-8,11H2. The van der Waals surface area contributed by atoms with Crippen LogP contribution in [0.25, 0.3) is 0 Å². The number of rotatable bonds is 5. The van der Waals surface area contributed by atoms with Crippen LogP contribution in [0.4, 0.5) is 4.39 Å². The van der Waals surface area contributed by atoms with Crippen molar-refractivity contribution in [2.24, 2.45) is 0 Å². The van der Waals surface area contributed by atoms with Gasteiger partial charge in [-0.15, -0.1) is 11.6 Å². The molecule has 0 fully saturated rings. The highest BCUT2D eigenvalue weighted by Crippen LogP contribution is 2.26. The van der Waals surface area contributed by atoms with Crippen molar-refractivity contribution < 1.29 is 13.9 Å². The number of fused-ring (bicyclic) bond motifs is 1. The molecule has 1 aliphatic heterocycles. The Morgan fingerprint density at radius 2 is 2.00 bits per heavy atom. The molecule has 4 heteroatoms. The highest BCUT2D eigenvalue weighted by atomic mass is 35.5. The molecule has 0 amide bonds. The number of benzene rings is 2. The molecule has 0 aliphatic carbocycles. The third-order valence-corrected chi connectivity index (χ3v) is 3.86. The van der Waals surface area contributed by atoms with E-state index in [0.717, 1.165) is 30.8 Å². The second-order valence-corrected chi connectivity index (χ2v) is 5.30. The van der Waals surface area contributed by atoms with Crippen LogP contribution >= 0.6 is 11.6 Å². The first-order chi connectivity index (χ1) is 10.3. The van der Waals surface area contributed by atoms with Gasteiger partial charge in [0.15, 0.2) is 11.6 Å². The molecule has 0 bridgehead atoms. The van der Waals surface area contributed by atoms with Gasteiger partial charge in [-0.3, -0.25) is 0 Å². The first-order valence-electron chi connectivity index (χ1n) is 6.98. The summed E-state index contributed by atoms with van der Waals surface area (Å²) in [6, 6.07) is 11.0. The summed E-state index contributed by atoms with van der Waals surface area (Å²) in [5.74, 6) is 1.18. The second kappa shape index (κ2) is 6.35. The van der Waals surface area contributed by atoms with E-state index in [4.69, 9.17) is 21.1 Å². The van der Waals surface area contributed by atoms with Crippen molar-refractivity contribution in [3.8, 4) is 11.5 Å². The van der Waals surface area contributed by atoms with Gasteiger partial charge in [-0.2, -0.15) is 0 Å². The summed E-state index contributed by atoms with van der Waals surface area (Å²) in [6.07, 6.45) is 1.70. The fourth-order valence-corrected chi connectivity index (χ4v) is 2.59. The number of ether oxygens (including phenoxy) is 2. The van der Waals surface area contributed by atoms with Crippen molar-refractivity contribution in [1.29, 1.82) is 0 Å². The van der Waals surface area contributed by atoms with E-state index in [9.17, 15) is 4.39 Å². The van der Waals surface area contributed by atoms with E-state index >= 15 is 0 Å². The monoisotopic (exact) mass is 306 g/mol. The van der Waals surface area contributed by atoms with Gasteiger partial charge in [0.25, 0.3) is 0 Å². The van der Waals surface area contributed by atoms with E-state index < -0.39 is 0 Å². The Labute approximate surface area is 128 Å². The van der Waals surface area contributed by atoms with Crippen molar-refractivity contribution >= 4 is 11.6 Å². The summed E-state index contributed by atoms with van der Waals surface area (Å²) in [7, 11) is 0. The molecule has 110 valence electrons. The van der Waals surface area contributed by atoms with Crippen LogP contribution in [0.2, 0.25) is 0 Å². The zero-order chi connectivity index (χ0) is 14.7. The van der Waals surface area contributed by atoms with Gasteiger partial charge in [0.1, 0.15) is 5.75 Å². The lowest BCUT2D eigenvalue weighted by molar-refractivity contribution is 0.305. The molecule has 2 aromatic carbocycles. The number of hydrogen-bond donors (Lipinski definition) is 0. The quantitative estimate of drug-likeness (QED) is 0.774. The van der Waals surface area contributed by atoms with Gasteiger partial charge in [0.05, 0.1) is 13.2 Å². The largest absolute Gasteiger partial charge is 0.493 e. The molecule has 0 N–H and O–H groups in total. The number of alkyl halides is 1. The van der Waals surface area contributed by atoms with Gasteiger partial charge < -0.3 is 9.47 Å². The SMILES string of the molecule is Fc1cc(CCl)ccc1OCCc1ccc2c(c1)CCO2. The summed E-state index contributed by atoms with van der Waals surface area (Å²) in [5.41, 5.74) is 3.17. The lowest BCUT2D eigenvalue weighted by Gasteiger charge is -2.09. The first kappa shape index (κ1) is 14.2. The maximum absolute atomic E-state index is 13.7. The molecule has 2 aromatic rings. The summed E-state index contributed by atoms with van der Waals surface area (Å²) in [5, 5.41) is 0. The van der Waals surface area contributed by atoms with Crippen LogP contribution in [0.15, 0.2) is 36.4 Å². The molecule has 1 heterocycles. The molecule has 0 saturated carbocycles. The van der Waals surface area contributed by atoms with Crippen LogP contribution in [0, 0.1) is 5.82 Å². The Bertz CT molecular complexity index is 643. The smallest absolute Gasteiger partial charge is 0.165 e. The molecule has 2 nitrogen and oxygen atoms in total. The lowest BCUT2D eigenvalue weighted by atomic mass is 10.1. The van der Waals surface area contributed by atoms with Crippen LogP contribution in [0.3, 0.4) is 0 Å². The summed E-state index contributed by atoms with van der Waals surface area (Å²) in [4.78, 5) is 0. The maximum Gasteiger partial charge on any atom is 0.165 e. The Morgan fingerprint density at radius 1 is 1.14 bits per heavy atom. The average molecular weight is 307 g/mol. The van der Waals surface area contributed by atoms with Gasteiger partial charge in [0.2, 0.25) is 0 Å². The zero-order valence-corrected chi connectivity index (χ0v) is 12.3. The van der Waals surface area contributed by atoms with Crippen molar-refractivity contribution in [2.75, 3.05) is 13.2 Å². The zero-order valence-electron chi connectivity index (χ0n) is 11.6. The van der Waals surface area contributed by atoms with Gasteiger partial charge in [-0.1, -0.05) is 18.2 Å². The molecule has 0 saturated heterocycles. The summed E-state index contributed by atoms with van der Waals surface area (Å²) in [6.45, 7) is 1.20. The average Bonchev–Trinajstić information content (AvgIpc) is 2.96. The molecule has 0 aromatic heterocycles. The van der Waals surface area contributed by atoms with E-state index in [0.29, 0.717) is 12.5 Å². The molecule has 0 unspecified atom stereocenters. The number of halogens is 2. The van der Waals surface area contributed by atoms with E-state index in [1.165, 1.54) is 17.2 Å². The van der Waals surface area contributed by atoms with Crippen LogP contribution in [0.5, 0.6) is 11.5 Å². The minimum atomic E-state index is -0.365. The Balaban J connectivity index is 1.58. The topological polar surface area (TPSA) is 18.5 Å². The highest BCUT2D eigenvalue weighted by molar-refractivity contribution is 6.17. The second-order valence-electron chi connectivity index (χ2n) is 5.04. The molecule has 1 aliphatic rings. The first-order valence-corrected chi connectivity index (χ1v) is 7.51. The molecule has 3 rings (SSSR count). The molecule has 21 heavy (non-hydrogen) atoms. The third kappa shape index (κ3) is 3.30. The third-order valence-electron chi connectivity index (χ3n) is 3.55. The van der Waals surface area contributed by atoms with Crippen LogP contribution in [0.1, 0.15) is 16.7 Å². The molecule has 0 radical (unpaired) electrons. The minimum Gasteiger partial charge on any atom is -0.493 e. The Kier molecular flexibility index (Phi) is 4.30. The van der Waals surface area contributed by atoms with E-state index in [2.05, 4.69) is 6.07 Å². The molecule has 0 atom stereocenters. The minimum absolute atomic E-state index is 0.272. The molecular weight excluding hydrogens is 291 g/mol. The summed E-state index contributed by atoms with van der Waals surface area (Å²) < 4.78 is 24.7. The fraction of sp³-hybridized carbons (Fsp3) is 0.294. The van der Waals surface area contributed by atoms with E-state index in [1.54, 1.807) is 12.1 Å². The van der Waals surface area contributed by atoms with E-state index in [-0.39, 0.29) is 11.6 Å². The number of hydrogen-bond acceptors (Lipinski definition) is 2. The van der Waals surface area contributed by atoms with Crippen molar-refractivity contribution in [3.05, 3.63) is 58.9 Å². The fourth-order valence-electron chi connectivity index (χ4n) is 2.42. The van der Waals surface area contributed by atoms with Gasteiger partial charge in [-0.25, -0.2) is 4.39 Å². The van der Waals surface area contributed by atoms with Gasteiger partial charge in [0, 0.05) is 18.7 Å². The van der Waals surface area contributed by atoms with Crippen LogP contribution < -0.4 is 9.47 Å². The predicted molar refractivity (Wildman–Crippen MR) is 80.8 cm³/mol. The van der Waals surface area contributed by atoms with Crippen LogP contribution in [-0.2, 0) is 18.7 Å². The normalized spacial score (nSPS) is 12.9. The van der Waals surface area contributed by atoms with Gasteiger partial charge >= 0.3 is 0 Å².